The van der Waals surface area contributed by atoms with Gasteiger partial charge in [0.1, 0.15) is 0 Å². The number of aliphatic imine (C=N–C) groups is 1. The maximum Gasteiger partial charge on any atom is 0.193 e. The van der Waals surface area contributed by atoms with Crippen LogP contribution in [0.5, 0.6) is 0 Å². The number of nitrogens with one attached hydrogen (secondary N) is 1. The summed E-state index contributed by atoms with van der Waals surface area (Å²) in [6.07, 6.45) is 5.34. The number of halogens is 1. The number of hydrogen-bond donors (Lipinski definition) is 1. The van der Waals surface area contributed by atoms with Gasteiger partial charge in [0.25, 0.3) is 0 Å². The number of hydrogen-bond acceptors (Lipinski definition) is 2. The monoisotopic (exact) mass is 395 g/mol. The van der Waals surface area contributed by atoms with Crippen LogP contribution >= 0.6 is 24.0 Å². The fourth-order valence-corrected chi connectivity index (χ4v) is 2.63. The maximum absolute atomic E-state index is 5.54. The number of likely N-dealkylation sites (tertiary alicyclic amines) is 1. The van der Waals surface area contributed by atoms with E-state index in [1.807, 2.05) is 0 Å². The molecular weight excluding hydrogens is 365 g/mol. The maximum atomic E-state index is 5.54. The van der Waals surface area contributed by atoms with Crippen molar-refractivity contribution in [2.24, 2.45) is 16.8 Å². The Kier molecular flexibility index (Phi) is 8.84. The molecule has 1 N–H and O–H groups in total. The summed E-state index contributed by atoms with van der Waals surface area (Å²) in [6, 6.07) is 0. The Morgan fingerprint density at radius 2 is 2.05 bits per heavy atom. The topological polar surface area (TPSA) is 36.9 Å². The average Bonchev–Trinajstić information content (AvgIpc) is 3.12. The van der Waals surface area contributed by atoms with E-state index in [1.54, 1.807) is 0 Å². The lowest BCUT2D eigenvalue weighted by atomic mass is 10.1. The molecule has 2 rings (SSSR count). The Hall–Kier alpha value is -0.0400. The van der Waals surface area contributed by atoms with Gasteiger partial charge in [0, 0.05) is 38.7 Å². The molecule has 118 valence electrons. The molecule has 1 heterocycles. The molecule has 0 radical (unpaired) electrons. The number of nitrogens with zero attached hydrogens (tertiary/aromatic N) is 2. The zero-order valence-electron chi connectivity index (χ0n) is 12.9. The van der Waals surface area contributed by atoms with E-state index in [1.165, 1.54) is 25.7 Å². The highest BCUT2D eigenvalue weighted by Crippen LogP contribution is 2.32. The van der Waals surface area contributed by atoms with Crippen LogP contribution in [-0.2, 0) is 4.74 Å². The smallest absolute Gasteiger partial charge is 0.193 e. The summed E-state index contributed by atoms with van der Waals surface area (Å²) in [7, 11) is 0. The molecule has 4 nitrogen and oxygen atoms in total. The van der Waals surface area contributed by atoms with Gasteiger partial charge in [0.15, 0.2) is 5.96 Å². The van der Waals surface area contributed by atoms with E-state index in [4.69, 9.17) is 9.73 Å². The van der Waals surface area contributed by atoms with E-state index in [9.17, 15) is 0 Å². The second-order valence-corrected chi connectivity index (χ2v) is 5.73. The highest BCUT2D eigenvalue weighted by atomic mass is 127. The summed E-state index contributed by atoms with van der Waals surface area (Å²) >= 11 is 0. The summed E-state index contributed by atoms with van der Waals surface area (Å²) in [5.41, 5.74) is 0. The molecule has 1 saturated heterocycles. The van der Waals surface area contributed by atoms with Crippen molar-refractivity contribution in [3.05, 3.63) is 0 Å². The van der Waals surface area contributed by atoms with Crippen molar-refractivity contribution in [1.82, 2.24) is 10.2 Å². The second-order valence-electron chi connectivity index (χ2n) is 5.73. The lowest BCUT2D eigenvalue weighted by molar-refractivity contribution is 0.114. The first kappa shape index (κ1) is 18.0. The van der Waals surface area contributed by atoms with Crippen molar-refractivity contribution in [2.75, 3.05) is 39.4 Å². The molecule has 0 bridgehead atoms. The molecule has 1 saturated carbocycles. The van der Waals surface area contributed by atoms with Crippen LogP contribution in [0, 0.1) is 11.8 Å². The first-order chi connectivity index (χ1) is 9.33. The molecule has 0 aromatic heterocycles. The van der Waals surface area contributed by atoms with Crippen molar-refractivity contribution in [3.8, 4) is 0 Å². The molecule has 1 aliphatic heterocycles. The average molecular weight is 395 g/mol. The van der Waals surface area contributed by atoms with Gasteiger partial charge in [-0.1, -0.05) is 12.8 Å². The van der Waals surface area contributed by atoms with Crippen molar-refractivity contribution in [1.29, 1.82) is 0 Å². The molecule has 2 aliphatic rings. The molecule has 2 fully saturated rings. The molecule has 0 amide bonds. The van der Waals surface area contributed by atoms with Crippen LogP contribution in [0.4, 0.5) is 0 Å². The van der Waals surface area contributed by atoms with E-state index >= 15 is 0 Å². The minimum atomic E-state index is 0. The van der Waals surface area contributed by atoms with Crippen molar-refractivity contribution in [3.63, 3.8) is 0 Å². The van der Waals surface area contributed by atoms with E-state index in [0.29, 0.717) is 5.92 Å². The third-order valence-corrected chi connectivity index (χ3v) is 3.97. The van der Waals surface area contributed by atoms with Gasteiger partial charge >= 0.3 is 0 Å². The van der Waals surface area contributed by atoms with Gasteiger partial charge in [-0.3, -0.25) is 4.99 Å². The lowest BCUT2D eigenvalue weighted by Gasteiger charge is -2.21. The third-order valence-electron chi connectivity index (χ3n) is 3.97. The number of guanidine groups is 1. The van der Waals surface area contributed by atoms with Crippen LogP contribution in [-0.4, -0.2) is 50.3 Å². The van der Waals surface area contributed by atoms with Crippen molar-refractivity contribution in [2.45, 2.75) is 39.5 Å². The molecule has 1 unspecified atom stereocenters. The van der Waals surface area contributed by atoms with Crippen LogP contribution in [0.25, 0.3) is 0 Å². The van der Waals surface area contributed by atoms with Gasteiger partial charge in [0.2, 0.25) is 0 Å². The van der Waals surface area contributed by atoms with Crippen LogP contribution in [0.3, 0.4) is 0 Å². The molecule has 5 heteroatoms. The highest BCUT2D eigenvalue weighted by molar-refractivity contribution is 14.0. The van der Waals surface area contributed by atoms with E-state index < -0.39 is 0 Å². The van der Waals surface area contributed by atoms with E-state index in [0.717, 1.165) is 51.3 Å². The normalized spacial score (nSPS) is 22.8. The predicted molar refractivity (Wildman–Crippen MR) is 94.9 cm³/mol. The third kappa shape index (κ3) is 6.16. The summed E-state index contributed by atoms with van der Waals surface area (Å²) in [6.45, 7) is 10.1. The molecule has 1 atom stereocenters. The Morgan fingerprint density at radius 1 is 1.25 bits per heavy atom. The molecule has 1 aliphatic carbocycles. The van der Waals surface area contributed by atoms with Gasteiger partial charge in [-0.15, -0.1) is 24.0 Å². The van der Waals surface area contributed by atoms with Gasteiger partial charge in [-0.05, 0) is 32.6 Å². The predicted octanol–water partition coefficient (Wildman–Crippen LogP) is 2.73. The standard InChI is InChI=1S/C15H29N3O.HI/c1-3-16-15(17-9-7-13-5-6-13)18-10-8-14(11-18)12-19-4-2;/h13-14H,3-12H2,1-2H3,(H,16,17);1H. The minimum Gasteiger partial charge on any atom is -0.381 e. The molecular formula is C15H30IN3O. The second kappa shape index (κ2) is 9.82. The summed E-state index contributed by atoms with van der Waals surface area (Å²) in [5.74, 6) is 2.75. The fourth-order valence-electron chi connectivity index (χ4n) is 2.63. The minimum absolute atomic E-state index is 0. The Balaban J connectivity index is 0.00000200. The number of ether oxygens (including phenoxy) is 1. The van der Waals surface area contributed by atoms with Gasteiger partial charge in [-0.25, -0.2) is 0 Å². The van der Waals surface area contributed by atoms with E-state index in [2.05, 4.69) is 24.1 Å². The Labute approximate surface area is 140 Å². The zero-order valence-corrected chi connectivity index (χ0v) is 15.3. The van der Waals surface area contributed by atoms with Crippen LogP contribution < -0.4 is 5.32 Å². The van der Waals surface area contributed by atoms with Gasteiger partial charge < -0.3 is 15.0 Å². The fraction of sp³-hybridized carbons (Fsp3) is 0.933. The lowest BCUT2D eigenvalue weighted by Crippen LogP contribution is -2.40. The van der Waals surface area contributed by atoms with Crippen LogP contribution in [0.2, 0.25) is 0 Å². The first-order valence-electron chi connectivity index (χ1n) is 7.94. The quantitative estimate of drug-likeness (QED) is 0.409. The van der Waals surface area contributed by atoms with Gasteiger partial charge in [-0.2, -0.15) is 0 Å². The zero-order chi connectivity index (χ0) is 13.5. The van der Waals surface area contributed by atoms with Crippen LogP contribution in [0.15, 0.2) is 4.99 Å². The first-order valence-corrected chi connectivity index (χ1v) is 7.94. The summed E-state index contributed by atoms with van der Waals surface area (Å²) in [5, 5.41) is 3.43. The van der Waals surface area contributed by atoms with Crippen LogP contribution in [0.1, 0.15) is 39.5 Å². The van der Waals surface area contributed by atoms with Crippen molar-refractivity contribution >= 4 is 29.9 Å². The molecule has 20 heavy (non-hydrogen) atoms. The van der Waals surface area contributed by atoms with Crippen molar-refractivity contribution < 1.29 is 4.74 Å². The highest BCUT2D eigenvalue weighted by Gasteiger charge is 2.25. The molecule has 0 spiro atoms. The van der Waals surface area contributed by atoms with E-state index in [-0.39, 0.29) is 24.0 Å². The molecule has 0 aromatic carbocycles. The summed E-state index contributed by atoms with van der Waals surface area (Å²) < 4.78 is 5.54. The Morgan fingerprint density at radius 3 is 2.70 bits per heavy atom. The number of rotatable bonds is 7. The summed E-state index contributed by atoms with van der Waals surface area (Å²) in [4.78, 5) is 7.18. The Bertz CT molecular complexity index is 295. The van der Waals surface area contributed by atoms with Gasteiger partial charge in [0.05, 0.1) is 6.61 Å². The SMILES string of the molecule is CCNC(=NCCC1CC1)N1CCC(COCC)C1.I. The molecule has 0 aromatic rings. The largest absolute Gasteiger partial charge is 0.381 e.